The van der Waals surface area contributed by atoms with E-state index in [0.29, 0.717) is 23.9 Å². The van der Waals surface area contributed by atoms with Crippen molar-refractivity contribution in [2.75, 3.05) is 5.32 Å². The van der Waals surface area contributed by atoms with Gasteiger partial charge in [-0.05, 0) is 59.9 Å². The fourth-order valence-corrected chi connectivity index (χ4v) is 6.45. The van der Waals surface area contributed by atoms with Gasteiger partial charge in [-0.2, -0.15) is 0 Å². The average molecular weight is 491 g/mol. The summed E-state index contributed by atoms with van der Waals surface area (Å²) in [5.41, 5.74) is 1.55. The van der Waals surface area contributed by atoms with E-state index < -0.39 is 6.04 Å². The van der Waals surface area contributed by atoms with Gasteiger partial charge < -0.3 is 5.32 Å². The quantitative estimate of drug-likeness (QED) is 0.507. The normalized spacial score (nSPS) is 32.5. The topological polar surface area (TPSA) is 66.5 Å². The lowest BCUT2D eigenvalue weighted by atomic mass is 9.63. The summed E-state index contributed by atoms with van der Waals surface area (Å²) < 4.78 is 0.909. The molecule has 4 aliphatic carbocycles. The van der Waals surface area contributed by atoms with Crippen LogP contribution in [0.25, 0.3) is 0 Å². The third kappa shape index (κ3) is 3.07. The molecule has 3 fully saturated rings. The minimum Gasteiger partial charge on any atom is -0.324 e. The minimum atomic E-state index is -0.873. The van der Waals surface area contributed by atoms with Crippen LogP contribution in [-0.2, 0) is 20.8 Å². The Bertz CT molecular complexity index is 1090. The van der Waals surface area contributed by atoms with Crippen molar-refractivity contribution in [2.24, 2.45) is 35.5 Å². The Morgan fingerprint density at radius 2 is 1.53 bits per heavy atom. The summed E-state index contributed by atoms with van der Waals surface area (Å²) in [6.45, 7) is 0. The number of hydrogen-bond acceptors (Lipinski definition) is 3. The zero-order valence-corrected chi connectivity index (χ0v) is 18.9. The first-order valence-electron chi connectivity index (χ1n) is 11.2. The maximum absolute atomic E-state index is 13.6. The number of benzene rings is 2. The number of nitrogens with one attached hydrogen (secondary N) is 1. The molecule has 7 atom stereocenters. The molecule has 2 aromatic rings. The van der Waals surface area contributed by atoms with Crippen LogP contribution in [0.3, 0.4) is 0 Å². The van der Waals surface area contributed by atoms with E-state index in [-0.39, 0.29) is 41.4 Å². The number of rotatable bonds is 5. The van der Waals surface area contributed by atoms with Crippen LogP contribution in [0.15, 0.2) is 71.2 Å². The van der Waals surface area contributed by atoms with Crippen LogP contribution in [0.1, 0.15) is 12.0 Å². The van der Waals surface area contributed by atoms with E-state index in [9.17, 15) is 14.4 Å². The number of imide groups is 1. The van der Waals surface area contributed by atoms with Gasteiger partial charge in [-0.15, -0.1) is 0 Å². The van der Waals surface area contributed by atoms with E-state index >= 15 is 0 Å². The van der Waals surface area contributed by atoms with Crippen LogP contribution < -0.4 is 5.32 Å². The maximum Gasteiger partial charge on any atom is 0.248 e. The van der Waals surface area contributed by atoms with Crippen molar-refractivity contribution in [2.45, 2.75) is 18.9 Å². The van der Waals surface area contributed by atoms with Gasteiger partial charge in [0.25, 0.3) is 0 Å². The third-order valence-electron chi connectivity index (χ3n) is 7.69. The van der Waals surface area contributed by atoms with E-state index in [1.54, 1.807) is 12.1 Å². The minimum absolute atomic E-state index is 0.142. The number of carbonyl (C=O) groups is 3. The van der Waals surface area contributed by atoms with Crippen LogP contribution in [0.5, 0.6) is 0 Å². The highest BCUT2D eigenvalue weighted by Gasteiger charge is 2.67. The largest absolute Gasteiger partial charge is 0.324 e. The molecule has 1 saturated heterocycles. The Morgan fingerprint density at radius 1 is 0.938 bits per heavy atom. The average Bonchev–Trinajstić information content (AvgIpc) is 3.58. The van der Waals surface area contributed by atoms with Gasteiger partial charge in [-0.3, -0.25) is 19.3 Å². The van der Waals surface area contributed by atoms with Gasteiger partial charge >= 0.3 is 0 Å². The molecule has 1 N–H and O–H groups in total. The molecule has 0 radical (unpaired) electrons. The van der Waals surface area contributed by atoms with Crippen LogP contribution in [0.2, 0.25) is 0 Å². The number of likely N-dealkylation sites (tertiary alicyclic amines) is 1. The Morgan fingerprint density at radius 3 is 2.12 bits per heavy atom. The second-order valence-corrected chi connectivity index (χ2v) is 10.3. The third-order valence-corrected chi connectivity index (χ3v) is 8.22. The van der Waals surface area contributed by atoms with Gasteiger partial charge in [0.2, 0.25) is 17.7 Å². The molecule has 3 amide bonds. The van der Waals surface area contributed by atoms with Crippen molar-refractivity contribution >= 4 is 39.3 Å². The number of carbonyl (C=O) groups excluding carboxylic acids is 3. The first-order valence-corrected chi connectivity index (χ1v) is 12.0. The molecule has 2 bridgehead atoms. The molecule has 0 aromatic heterocycles. The zero-order valence-electron chi connectivity index (χ0n) is 17.4. The molecule has 7 unspecified atom stereocenters. The molecule has 2 aromatic carbocycles. The predicted octanol–water partition coefficient (Wildman–Crippen LogP) is 4.05. The highest BCUT2D eigenvalue weighted by atomic mass is 79.9. The lowest BCUT2D eigenvalue weighted by Gasteiger charge is -2.37. The number of nitrogens with zero attached hydrogens (tertiary/aromatic N) is 1. The van der Waals surface area contributed by atoms with E-state index in [2.05, 4.69) is 33.4 Å². The molecule has 5 aliphatic rings. The number of halogens is 1. The van der Waals surface area contributed by atoms with E-state index in [1.807, 2.05) is 42.5 Å². The van der Waals surface area contributed by atoms with Gasteiger partial charge in [-0.1, -0.05) is 58.4 Å². The molecule has 7 rings (SSSR count). The summed E-state index contributed by atoms with van der Waals surface area (Å²) in [6.07, 6.45) is 5.73. The second-order valence-electron chi connectivity index (χ2n) is 9.40. The van der Waals surface area contributed by atoms with Crippen molar-refractivity contribution in [1.82, 2.24) is 4.90 Å². The molecular formula is C26H23BrN2O3. The molecule has 5 nitrogen and oxygen atoms in total. The summed E-state index contributed by atoms with van der Waals surface area (Å²) in [6, 6.07) is 16.0. The highest BCUT2D eigenvalue weighted by molar-refractivity contribution is 9.10. The first-order chi connectivity index (χ1) is 15.5. The van der Waals surface area contributed by atoms with Gasteiger partial charge in [0, 0.05) is 16.6 Å². The molecular weight excluding hydrogens is 468 g/mol. The van der Waals surface area contributed by atoms with Gasteiger partial charge in [0.1, 0.15) is 6.04 Å². The Balaban J connectivity index is 1.33. The maximum atomic E-state index is 13.6. The van der Waals surface area contributed by atoms with Gasteiger partial charge in [-0.25, -0.2) is 0 Å². The van der Waals surface area contributed by atoms with E-state index in [1.165, 1.54) is 4.90 Å². The summed E-state index contributed by atoms with van der Waals surface area (Å²) >= 11 is 3.40. The summed E-state index contributed by atoms with van der Waals surface area (Å²) in [5.74, 6) is 0.0705. The molecule has 162 valence electrons. The Hall–Kier alpha value is -2.73. The molecule has 0 spiro atoms. The lowest BCUT2D eigenvalue weighted by Crippen LogP contribution is -2.49. The molecule has 2 saturated carbocycles. The molecule has 6 heteroatoms. The van der Waals surface area contributed by atoms with Gasteiger partial charge in [0.05, 0.1) is 11.8 Å². The lowest BCUT2D eigenvalue weighted by molar-refractivity contribution is -0.146. The highest BCUT2D eigenvalue weighted by Crippen LogP contribution is 2.65. The van der Waals surface area contributed by atoms with E-state index in [0.717, 1.165) is 16.5 Å². The monoisotopic (exact) mass is 490 g/mol. The van der Waals surface area contributed by atoms with Crippen LogP contribution in [0.4, 0.5) is 5.69 Å². The van der Waals surface area contributed by atoms with Crippen LogP contribution in [-0.4, -0.2) is 28.7 Å². The molecule has 1 aliphatic heterocycles. The van der Waals surface area contributed by atoms with Crippen LogP contribution >= 0.6 is 15.9 Å². The fraction of sp³-hybridized carbons (Fsp3) is 0.346. The summed E-state index contributed by atoms with van der Waals surface area (Å²) in [5, 5.41) is 2.92. The number of amides is 3. The standard InChI is InChI=1S/C26H23BrN2O3/c27-15-6-8-16(9-7-15)28-24(30)21(12-14-4-2-1-3-5-14)29-25(31)22-17-10-11-18(20-13-19(17)20)23(22)26(29)32/h1-11,17-23H,12-13H2,(H,28,30). The summed E-state index contributed by atoms with van der Waals surface area (Å²) in [7, 11) is 0. The van der Waals surface area contributed by atoms with Crippen molar-refractivity contribution in [3.63, 3.8) is 0 Å². The predicted molar refractivity (Wildman–Crippen MR) is 123 cm³/mol. The van der Waals surface area contributed by atoms with Crippen molar-refractivity contribution < 1.29 is 14.4 Å². The fourth-order valence-electron chi connectivity index (χ4n) is 6.18. The summed E-state index contributed by atoms with van der Waals surface area (Å²) in [4.78, 5) is 42.0. The SMILES string of the molecule is O=C(Nc1ccc(Br)cc1)C(Cc1ccccc1)N1C(=O)C2C3C=CC(C4CC34)C2C1=O. The molecule has 1 heterocycles. The number of allylic oxidation sites excluding steroid dienone is 2. The second kappa shape index (κ2) is 7.41. The number of hydrogen-bond donors (Lipinski definition) is 1. The van der Waals surface area contributed by atoms with E-state index in [4.69, 9.17) is 0 Å². The van der Waals surface area contributed by atoms with Crippen molar-refractivity contribution in [3.8, 4) is 0 Å². The zero-order chi connectivity index (χ0) is 22.0. The molecule has 32 heavy (non-hydrogen) atoms. The van der Waals surface area contributed by atoms with Crippen LogP contribution in [0, 0.1) is 35.5 Å². The Labute approximate surface area is 195 Å². The van der Waals surface area contributed by atoms with Crippen molar-refractivity contribution in [1.29, 1.82) is 0 Å². The van der Waals surface area contributed by atoms with Crippen molar-refractivity contribution in [3.05, 3.63) is 76.8 Å². The van der Waals surface area contributed by atoms with Gasteiger partial charge in [0.15, 0.2) is 0 Å². The smallest absolute Gasteiger partial charge is 0.248 e. The Kier molecular flexibility index (Phi) is 4.61. The number of anilines is 1. The first kappa shape index (κ1) is 19.9.